The Hall–Kier alpha value is -0.122. The second kappa shape index (κ2) is 90.7. The summed E-state index contributed by atoms with van der Waals surface area (Å²) in [5.74, 6) is -3.91. The molecular formula is C104H144Cl16Fe4N4O14S4. The van der Waals surface area contributed by atoms with Gasteiger partial charge in [0.25, 0.3) is 0 Å². The molecule has 8 aromatic rings. The van der Waals surface area contributed by atoms with Gasteiger partial charge < -0.3 is 141 Å². The molecule has 4 radical (unpaired) electrons. The Balaban J connectivity index is -0.000000239. The third kappa shape index (κ3) is 59.7. The predicted octanol–water partition coefficient (Wildman–Crippen LogP) is 28.8. The molecule has 6 saturated heterocycles. The Morgan fingerprint density at radius 1 is 0.164 bits per heavy atom. The third-order valence-corrected chi connectivity index (χ3v) is 28.9. The van der Waals surface area contributed by atoms with Crippen LogP contribution in [-0.4, -0.2) is 202 Å². The summed E-state index contributed by atoms with van der Waals surface area (Å²) in [7, 11) is 0. The number of benzene rings is 8. The van der Waals surface area contributed by atoms with E-state index < -0.39 is 46.0 Å². The van der Waals surface area contributed by atoms with Gasteiger partial charge in [0.15, 0.2) is 0 Å². The topological polar surface area (TPSA) is 240 Å². The maximum absolute atomic E-state index is 11.9. The van der Waals surface area contributed by atoms with Crippen LogP contribution < -0.4 is 40.9 Å². The van der Waals surface area contributed by atoms with Gasteiger partial charge in [-0.05, 0) is 329 Å². The average molecular weight is 2590 g/mol. The van der Waals surface area contributed by atoms with Crippen LogP contribution in [0.3, 0.4) is 0 Å². The van der Waals surface area contributed by atoms with Crippen molar-refractivity contribution >= 4 is 240 Å². The minimum absolute atomic E-state index is 0. The summed E-state index contributed by atoms with van der Waals surface area (Å²) in [5.41, 5.74) is 0.681. The van der Waals surface area contributed by atoms with Crippen molar-refractivity contribution < 1.29 is 155 Å². The number of hydrogen-bond donors (Lipinski definition) is 0. The molecule has 6 heterocycles. The summed E-state index contributed by atoms with van der Waals surface area (Å²) < 4.78 is 34.8. The van der Waals surface area contributed by atoms with E-state index in [0.29, 0.717) is 0 Å². The molecule has 832 valence electrons. The van der Waals surface area contributed by atoms with Gasteiger partial charge in [-0.15, -0.1) is 0 Å². The number of halogens is 16. The van der Waals surface area contributed by atoms with Crippen molar-refractivity contribution in [2.45, 2.75) is 188 Å². The fourth-order valence-corrected chi connectivity index (χ4v) is 18.5. The number of rotatable bonds is 20. The number of nitrogens with zero attached hydrogens (tertiary/aromatic N) is 4. The maximum Gasteiger partial charge on any atom is 3.00 e. The van der Waals surface area contributed by atoms with Crippen molar-refractivity contribution in [1.82, 2.24) is 0 Å². The molecule has 0 unspecified atom stereocenters. The van der Waals surface area contributed by atoms with Crippen LogP contribution in [0.2, 0.25) is 80.4 Å². The van der Waals surface area contributed by atoms with Gasteiger partial charge >= 0.3 is 68.3 Å². The zero-order chi connectivity index (χ0) is 104. The molecule has 6 aliphatic heterocycles. The van der Waals surface area contributed by atoms with Crippen molar-refractivity contribution in [3.63, 3.8) is 0 Å². The first-order valence-corrected chi connectivity index (χ1v) is 53.8. The van der Waals surface area contributed by atoms with Crippen LogP contribution in [0, 0.1) is 0 Å². The molecule has 0 amide bonds. The van der Waals surface area contributed by atoms with Gasteiger partial charge in [-0.2, -0.15) is 0 Å². The Bertz CT molecular complexity index is 3850. The Morgan fingerprint density at radius 2 is 0.240 bits per heavy atom. The van der Waals surface area contributed by atoms with Gasteiger partial charge in [-0.1, -0.05) is 232 Å². The van der Waals surface area contributed by atoms with Crippen LogP contribution in [0.5, 0.6) is 46.0 Å². The summed E-state index contributed by atoms with van der Waals surface area (Å²) in [6, 6.07) is 21.4. The van der Waals surface area contributed by atoms with Gasteiger partial charge in [0, 0.05) is 160 Å². The van der Waals surface area contributed by atoms with E-state index in [2.05, 4.69) is 111 Å². The van der Waals surface area contributed by atoms with E-state index in [1.54, 1.807) is 0 Å². The normalized spacial score (nSPS) is 13.2. The van der Waals surface area contributed by atoms with Crippen LogP contribution in [0.1, 0.15) is 188 Å². The van der Waals surface area contributed by atoms with E-state index >= 15 is 0 Å². The minimum Gasteiger partial charge on any atom is -2.00 e. The standard InChI is InChI=1S/4C12H6Cl4O2.4C8H20N.6C4H8O.4Fe.4S/c4*13-5-1-7(11(17)9(15)3-5)8-2-6(14)4-10(16)12(8)18;4*1-5-9(6-2,7-3)8-4;6*1-2-4-5-3-1;;;;;;;;/h4*1-4,17-18H;4*5-8H2,1-4H3;6*1-4H2;;;;;;;;/q;;;;4*+1;;;;;;;4*+3;4*-2/p-8. The van der Waals surface area contributed by atoms with Gasteiger partial charge in [0.1, 0.15) is 0 Å². The number of quaternary nitrogens is 4. The van der Waals surface area contributed by atoms with Crippen LogP contribution in [0.15, 0.2) is 97.1 Å². The second-order valence-corrected chi connectivity index (χ2v) is 39.2. The van der Waals surface area contributed by atoms with Crippen LogP contribution in [-0.2, 0) is 151 Å². The molecule has 0 spiro atoms. The van der Waals surface area contributed by atoms with Crippen LogP contribution in [0.4, 0.5) is 0 Å². The molecule has 0 atom stereocenters. The number of ether oxygens (including phenoxy) is 6. The molecule has 8 aromatic carbocycles. The van der Waals surface area contributed by atoms with Crippen molar-refractivity contribution in [1.29, 1.82) is 0 Å². The molecule has 0 aliphatic carbocycles. The summed E-state index contributed by atoms with van der Waals surface area (Å²) in [4.78, 5) is 0. The molecule has 0 aromatic heterocycles. The Labute approximate surface area is 1020 Å². The van der Waals surface area contributed by atoms with E-state index in [0.717, 1.165) is 79.3 Å². The van der Waals surface area contributed by atoms with Crippen LogP contribution in [0.25, 0.3) is 44.5 Å². The fraction of sp³-hybridized carbons (Fsp3) is 0.538. The maximum atomic E-state index is 11.9. The predicted molar refractivity (Wildman–Crippen MR) is 603 cm³/mol. The van der Waals surface area contributed by atoms with E-state index in [4.69, 9.17) is 214 Å². The molecule has 42 heteroatoms. The Morgan fingerprint density at radius 3 is 0.288 bits per heavy atom. The van der Waals surface area contributed by atoms with Crippen molar-refractivity contribution in [3.05, 3.63) is 177 Å². The molecule has 18 nitrogen and oxygen atoms in total. The summed E-state index contributed by atoms with van der Waals surface area (Å²) in [5, 5.41) is 96.6. The molecule has 146 heavy (non-hydrogen) atoms. The minimum atomic E-state index is -0.489. The quantitative estimate of drug-likeness (QED) is 0.0509. The van der Waals surface area contributed by atoms with Crippen molar-refractivity contribution in [2.75, 3.05) is 184 Å². The van der Waals surface area contributed by atoms with Gasteiger partial charge in [-0.3, -0.25) is 0 Å². The first kappa shape index (κ1) is 161. The smallest absolute Gasteiger partial charge is 2.00 e. The molecule has 0 bridgehead atoms. The average Bonchev–Trinajstić information content (AvgIpc) is 1.62. The van der Waals surface area contributed by atoms with Gasteiger partial charge in [-0.25, -0.2) is 0 Å². The van der Waals surface area contributed by atoms with Gasteiger partial charge in [0.2, 0.25) is 0 Å². The van der Waals surface area contributed by atoms with Crippen LogP contribution >= 0.6 is 186 Å². The summed E-state index contributed by atoms with van der Waals surface area (Å²) in [6.45, 7) is 68.9. The van der Waals surface area contributed by atoms with E-state index in [1.807, 2.05) is 0 Å². The molecule has 6 aliphatic rings. The SMILES string of the molecule is C1CCOC1.C1CCOC1.C1CCOC1.C1CCOC1.C1CCOC1.C1CCOC1.CC[N+](CC)(CC)CC.CC[N+](CC)(CC)CC.CC[N+](CC)(CC)CC.CC[N+](CC)(CC)CC.[Fe+3].[Fe+3].[Fe+3].[Fe+3].[O-]c1c(Cl)cc(Cl)cc1-c1cc(Cl)cc(Cl)c1[O-].[O-]c1c(Cl)cc(Cl)cc1-c1cc(Cl)cc(Cl)c1[O-].[O-]c1c(Cl)cc(Cl)cc1-c1cc(Cl)cc(Cl)c1[O-].[O-]c1c(Cl)cc(Cl)cc1-c1cc(Cl)cc(Cl)c1[O-].[S-2].[S-2].[S-2].[S-2]. The first-order chi connectivity index (χ1) is 65.6. The summed E-state index contributed by atoms with van der Waals surface area (Å²) >= 11 is 92.4. The molecular weight excluding hydrogens is 2450 g/mol. The second-order valence-electron chi connectivity index (χ2n) is 32.5. The molecule has 14 rings (SSSR count). The fourth-order valence-electron chi connectivity index (χ4n) is 14.5. The third-order valence-electron chi connectivity index (χ3n) is 24.9. The molecule has 6 fully saturated rings. The molecule has 0 N–H and O–H groups in total. The molecule has 0 saturated carbocycles. The zero-order valence-corrected chi connectivity index (χ0v) is 106. The van der Waals surface area contributed by atoms with Crippen molar-refractivity contribution in [3.8, 4) is 90.5 Å². The van der Waals surface area contributed by atoms with E-state index in [9.17, 15) is 40.9 Å². The van der Waals surface area contributed by atoms with E-state index in [1.165, 1.54) is 297 Å². The van der Waals surface area contributed by atoms with Gasteiger partial charge in [0.05, 0.1) is 105 Å². The monoisotopic (exact) mass is 2580 g/mol. The number of hydrogen-bond acceptors (Lipinski definition) is 14. The van der Waals surface area contributed by atoms with E-state index in [-0.39, 0.29) is 247 Å². The first-order valence-electron chi connectivity index (χ1n) is 47.7. The van der Waals surface area contributed by atoms with Crippen molar-refractivity contribution in [2.24, 2.45) is 0 Å². The Kier molecular flexibility index (Phi) is 100. The zero-order valence-electron chi connectivity index (χ0n) is 86.1. The summed E-state index contributed by atoms with van der Waals surface area (Å²) in [6.07, 6.45) is 15.3. The largest absolute Gasteiger partial charge is 3.00 e.